The number of hydrogen-bond acceptors (Lipinski definition) is 4. The minimum absolute atomic E-state index is 0.00115. The molecule has 0 bridgehead atoms. The normalized spacial score (nSPS) is 8.58. The van der Waals surface area contributed by atoms with E-state index < -0.39 is 0 Å². The van der Waals surface area contributed by atoms with Crippen molar-refractivity contribution in [3.8, 4) is 6.07 Å². The first kappa shape index (κ1) is 8.14. The van der Waals surface area contributed by atoms with Crippen LogP contribution in [0.5, 0.6) is 0 Å². The Bertz CT molecular complexity index is 303. The van der Waals surface area contributed by atoms with Gasteiger partial charge in [-0.2, -0.15) is 15.5 Å². The highest BCUT2D eigenvalue weighted by atomic mass is 16.1. The molecule has 60 valence electrons. The van der Waals surface area contributed by atoms with Gasteiger partial charge in [0, 0.05) is 0 Å². The van der Waals surface area contributed by atoms with Gasteiger partial charge in [-0.3, -0.25) is 4.79 Å². The highest BCUT2D eigenvalue weighted by Crippen LogP contribution is 1.91. The fourth-order valence-electron chi connectivity index (χ4n) is 0.647. The van der Waals surface area contributed by atoms with E-state index in [1.807, 2.05) is 0 Å². The summed E-state index contributed by atoms with van der Waals surface area (Å²) >= 11 is 0. The van der Waals surface area contributed by atoms with Crippen LogP contribution in [0.3, 0.4) is 0 Å². The fourth-order valence-corrected chi connectivity index (χ4v) is 0.647. The highest BCUT2D eigenvalue weighted by molar-refractivity contribution is 5.93. The molecule has 0 saturated heterocycles. The highest BCUT2D eigenvalue weighted by Gasteiger charge is 2.02. The molecule has 1 heterocycles. The molecule has 0 aliphatic rings. The zero-order valence-electron chi connectivity index (χ0n) is 6.19. The van der Waals surface area contributed by atoms with Gasteiger partial charge in [0.1, 0.15) is 6.54 Å². The summed E-state index contributed by atoms with van der Waals surface area (Å²) in [6.45, 7) is 0.00115. The van der Waals surface area contributed by atoms with E-state index >= 15 is 0 Å². The van der Waals surface area contributed by atoms with Crippen molar-refractivity contribution in [2.45, 2.75) is 0 Å². The molecule has 0 aromatic carbocycles. The SMILES string of the molecule is N#CCNC(=O)c1ccnnc1. The van der Waals surface area contributed by atoms with E-state index in [9.17, 15) is 4.79 Å². The number of nitrogens with zero attached hydrogens (tertiary/aromatic N) is 3. The molecule has 0 unspecified atom stereocenters. The third kappa shape index (κ3) is 2.02. The summed E-state index contributed by atoms with van der Waals surface area (Å²) in [6, 6.07) is 3.33. The zero-order valence-corrected chi connectivity index (χ0v) is 6.19. The first-order chi connectivity index (χ1) is 5.84. The van der Waals surface area contributed by atoms with Crippen LogP contribution in [0.2, 0.25) is 0 Å². The van der Waals surface area contributed by atoms with Crippen molar-refractivity contribution in [2.75, 3.05) is 6.54 Å². The van der Waals surface area contributed by atoms with Crippen LogP contribution in [-0.4, -0.2) is 22.6 Å². The second kappa shape index (κ2) is 4.03. The topological polar surface area (TPSA) is 78.7 Å². The molecule has 1 aromatic rings. The Labute approximate surface area is 69.0 Å². The van der Waals surface area contributed by atoms with Gasteiger partial charge in [-0.15, -0.1) is 0 Å². The van der Waals surface area contributed by atoms with Gasteiger partial charge < -0.3 is 5.32 Å². The Morgan fingerprint density at radius 2 is 2.50 bits per heavy atom. The molecule has 1 rings (SSSR count). The van der Waals surface area contributed by atoms with Crippen molar-refractivity contribution >= 4 is 5.91 Å². The van der Waals surface area contributed by atoms with Gasteiger partial charge in [0.25, 0.3) is 5.91 Å². The minimum Gasteiger partial charge on any atom is -0.339 e. The van der Waals surface area contributed by atoms with E-state index in [-0.39, 0.29) is 12.5 Å². The second-order valence-electron chi connectivity index (χ2n) is 1.97. The van der Waals surface area contributed by atoms with E-state index in [4.69, 9.17) is 5.26 Å². The van der Waals surface area contributed by atoms with Crippen molar-refractivity contribution in [2.24, 2.45) is 0 Å². The lowest BCUT2D eigenvalue weighted by molar-refractivity contribution is 0.0958. The number of hydrogen-bond donors (Lipinski definition) is 1. The third-order valence-corrected chi connectivity index (χ3v) is 1.17. The van der Waals surface area contributed by atoms with Crippen LogP contribution >= 0.6 is 0 Å². The van der Waals surface area contributed by atoms with Gasteiger partial charge in [0.05, 0.1) is 24.0 Å². The molecule has 0 aliphatic carbocycles. The summed E-state index contributed by atoms with van der Waals surface area (Å²) in [4.78, 5) is 11.1. The molecule has 0 fully saturated rings. The Kier molecular flexibility index (Phi) is 2.73. The number of rotatable bonds is 2. The van der Waals surface area contributed by atoms with Crippen molar-refractivity contribution < 1.29 is 4.79 Å². The summed E-state index contributed by atoms with van der Waals surface area (Å²) < 4.78 is 0. The molecule has 0 radical (unpaired) electrons. The van der Waals surface area contributed by atoms with Gasteiger partial charge in [-0.25, -0.2) is 0 Å². The lowest BCUT2D eigenvalue weighted by Crippen LogP contribution is -2.23. The number of nitrogens with one attached hydrogen (secondary N) is 1. The maximum atomic E-state index is 11.1. The molecule has 0 spiro atoms. The van der Waals surface area contributed by atoms with Crippen molar-refractivity contribution in [3.05, 3.63) is 24.0 Å². The molecule has 5 heteroatoms. The van der Waals surface area contributed by atoms with Crippen LogP contribution in [0, 0.1) is 11.3 Å². The average Bonchev–Trinajstić information content (AvgIpc) is 2.15. The lowest BCUT2D eigenvalue weighted by Gasteiger charge is -1.97. The van der Waals surface area contributed by atoms with Crippen LogP contribution in [0.25, 0.3) is 0 Å². The molecule has 5 nitrogen and oxygen atoms in total. The van der Waals surface area contributed by atoms with E-state index in [2.05, 4.69) is 15.5 Å². The monoisotopic (exact) mass is 162 g/mol. The molecular formula is C7H6N4O. The molecule has 12 heavy (non-hydrogen) atoms. The maximum absolute atomic E-state index is 11.1. The second-order valence-corrected chi connectivity index (χ2v) is 1.97. The molecule has 1 amide bonds. The predicted molar refractivity (Wildman–Crippen MR) is 40.0 cm³/mol. The van der Waals surface area contributed by atoms with Gasteiger partial charge in [-0.05, 0) is 6.07 Å². The van der Waals surface area contributed by atoms with Crippen LogP contribution in [-0.2, 0) is 0 Å². The van der Waals surface area contributed by atoms with Gasteiger partial charge in [0.15, 0.2) is 0 Å². The predicted octanol–water partition coefficient (Wildman–Crippen LogP) is -0.270. The quantitative estimate of drug-likeness (QED) is 0.607. The summed E-state index contributed by atoms with van der Waals surface area (Å²) in [7, 11) is 0. The van der Waals surface area contributed by atoms with Crippen molar-refractivity contribution in [1.29, 1.82) is 5.26 Å². The molecular weight excluding hydrogens is 156 g/mol. The van der Waals surface area contributed by atoms with E-state index in [0.29, 0.717) is 5.56 Å². The smallest absolute Gasteiger partial charge is 0.253 e. The van der Waals surface area contributed by atoms with E-state index in [1.54, 1.807) is 6.07 Å². The maximum Gasteiger partial charge on any atom is 0.253 e. The Balaban J connectivity index is 2.61. The first-order valence-corrected chi connectivity index (χ1v) is 3.26. The van der Waals surface area contributed by atoms with Crippen LogP contribution < -0.4 is 5.32 Å². The average molecular weight is 162 g/mol. The minimum atomic E-state index is -0.313. The molecule has 1 aromatic heterocycles. The number of nitriles is 1. The molecule has 0 saturated carbocycles. The van der Waals surface area contributed by atoms with Crippen molar-refractivity contribution in [3.63, 3.8) is 0 Å². The van der Waals surface area contributed by atoms with Gasteiger partial charge in [0.2, 0.25) is 0 Å². The molecule has 1 N–H and O–H groups in total. The van der Waals surface area contributed by atoms with Crippen LogP contribution in [0.1, 0.15) is 10.4 Å². The number of carbonyl (C=O) groups excluding carboxylic acids is 1. The molecule has 0 atom stereocenters. The Morgan fingerprint density at radius 1 is 1.67 bits per heavy atom. The van der Waals surface area contributed by atoms with Crippen molar-refractivity contribution in [1.82, 2.24) is 15.5 Å². The standard InChI is InChI=1S/C7H6N4O/c8-2-4-9-7(12)6-1-3-10-11-5-6/h1,3,5H,4H2,(H,9,12). The summed E-state index contributed by atoms with van der Waals surface area (Å²) in [5.74, 6) is -0.313. The Hall–Kier alpha value is -1.96. The largest absolute Gasteiger partial charge is 0.339 e. The van der Waals surface area contributed by atoms with Crippen LogP contribution in [0.15, 0.2) is 18.5 Å². The zero-order chi connectivity index (χ0) is 8.81. The summed E-state index contributed by atoms with van der Waals surface area (Å²) in [5.41, 5.74) is 0.403. The third-order valence-electron chi connectivity index (χ3n) is 1.17. The first-order valence-electron chi connectivity index (χ1n) is 3.26. The summed E-state index contributed by atoms with van der Waals surface area (Å²) in [6.07, 6.45) is 2.76. The van der Waals surface area contributed by atoms with E-state index in [1.165, 1.54) is 18.5 Å². The van der Waals surface area contributed by atoms with Gasteiger partial charge >= 0.3 is 0 Å². The lowest BCUT2D eigenvalue weighted by atomic mass is 10.3. The van der Waals surface area contributed by atoms with Crippen LogP contribution in [0.4, 0.5) is 0 Å². The van der Waals surface area contributed by atoms with Gasteiger partial charge in [-0.1, -0.05) is 0 Å². The Morgan fingerprint density at radius 3 is 3.08 bits per heavy atom. The summed E-state index contributed by atoms with van der Waals surface area (Å²) in [5, 5.41) is 17.6. The molecule has 0 aliphatic heterocycles. The number of amides is 1. The fraction of sp³-hybridized carbons (Fsp3) is 0.143. The number of carbonyl (C=O) groups is 1. The van der Waals surface area contributed by atoms with E-state index in [0.717, 1.165) is 0 Å². The number of aromatic nitrogens is 2.